The van der Waals surface area contributed by atoms with E-state index < -0.39 is 41.6 Å². The number of carbonyl (C=O) groups excluding carboxylic acids is 4. The van der Waals surface area contributed by atoms with Crippen molar-refractivity contribution in [2.24, 2.45) is 0 Å². The maximum absolute atomic E-state index is 13.4. The molecule has 0 saturated carbocycles. The second-order valence-corrected chi connectivity index (χ2v) is 9.18. The van der Waals surface area contributed by atoms with Gasteiger partial charge in [-0.3, -0.25) is 19.3 Å². The highest BCUT2D eigenvalue weighted by Gasteiger charge is 2.35. The molecule has 35 heavy (non-hydrogen) atoms. The van der Waals surface area contributed by atoms with Crippen molar-refractivity contribution >= 4 is 36.5 Å². The molecule has 1 aromatic rings. The lowest BCUT2D eigenvalue weighted by molar-refractivity contribution is -0.143. The van der Waals surface area contributed by atoms with Gasteiger partial charge in [-0.1, -0.05) is 24.6 Å². The summed E-state index contributed by atoms with van der Waals surface area (Å²) in [5, 5.41) is 5.10. The third-order valence-electron chi connectivity index (χ3n) is 4.84. The zero-order chi connectivity index (χ0) is 26.8. The first-order valence-corrected chi connectivity index (χ1v) is 11.9. The van der Waals surface area contributed by atoms with Crippen LogP contribution in [-0.2, 0) is 23.9 Å². The van der Waals surface area contributed by atoms with Crippen molar-refractivity contribution < 1.29 is 28.7 Å². The van der Waals surface area contributed by atoms with Crippen LogP contribution in [0.5, 0.6) is 0 Å². The van der Waals surface area contributed by atoms with Crippen LogP contribution in [0.3, 0.4) is 0 Å². The van der Waals surface area contributed by atoms with E-state index in [1.165, 1.54) is 0 Å². The number of benzene rings is 1. The minimum atomic E-state index is -1.21. The minimum Gasteiger partial charge on any atom is -0.466 e. The fourth-order valence-electron chi connectivity index (χ4n) is 3.04. The highest BCUT2D eigenvalue weighted by atomic mass is 32.1. The van der Waals surface area contributed by atoms with E-state index in [0.717, 1.165) is 16.0 Å². The topological polar surface area (TPSA) is 114 Å². The monoisotopic (exact) mass is 505 g/mol. The molecule has 0 aliphatic rings. The summed E-state index contributed by atoms with van der Waals surface area (Å²) < 4.78 is 10.1. The molecule has 0 aliphatic heterocycles. The zero-order valence-electron chi connectivity index (χ0n) is 21.1. The van der Waals surface area contributed by atoms with Crippen molar-refractivity contribution in [1.29, 1.82) is 0 Å². The summed E-state index contributed by atoms with van der Waals surface area (Å²) in [5.74, 6) is -1.84. The van der Waals surface area contributed by atoms with Crippen molar-refractivity contribution in [2.75, 3.05) is 18.9 Å². The van der Waals surface area contributed by atoms with Crippen molar-refractivity contribution in [3.05, 3.63) is 34.9 Å². The number of amides is 3. The Morgan fingerprint density at radius 3 is 2.34 bits per heavy atom. The smallest absolute Gasteiger partial charge is 0.408 e. The van der Waals surface area contributed by atoms with Gasteiger partial charge in [0.1, 0.15) is 17.7 Å². The van der Waals surface area contributed by atoms with Gasteiger partial charge in [-0.15, -0.1) is 0 Å². The number of alkyl carbamates (subject to hydrolysis) is 1. The molecule has 0 bridgehead atoms. The molecular weight excluding hydrogens is 470 g/mol. The first-order valence-electron chi connectivity index (χ1n) is 11.2. The molecular formula is C25H35N3O6S. The second kappa shape index (κ2) is 13.6. The molecule has 0 aliphatic carbocycles. The summed E-state index contributed by atoms with van der Waals surface area (Å²) in [7, 11) is 0. The maximum Gasteiger partial charge on any atom is 0.408 e. The van der Waals surface area contributed by atoms with Crippen molar-refractivity contribution in [3.8, 4) is 12.5 Å². The van der Waals surface area contributed by atoms with Crippen LogP contribution >= 0.6 is 12.6 Å². The van der Waals surface area contributed by atoms with E-state index in [9.17, 15) is 19.2 Å². The SMILES string of the molecule is C#CN(C(=O)C(CS)NC(=O)OC(C)(C)C)C(C(=O)NCCC(=O)OCC)c1ccc(C)c(C)c1. The molecule has 9 nitrogen and oxygen atoms in total. The number of carbonyl (C=O) groups is 4. The standard InChI is InChI=1S/C25H35N3O6S/c1-8-28(23(31)19(15-35)27-24(32)34-25(5,6)7)21(18-11-10-16(3)17(4)14-18)22(30)26-13-12-20(29)33-9-2/h1,10-11,14,19,21,35H,9,12-13,15H2,2-7H3,(H,26,30)(H,27,32). The number of hydrogen-bond donors (Lipinski definition) is 3. The van der Waals surface area contributed by atoms with Crippen LogP contribution in [0.2, 0.25) is 0 Å². The molecule has 2 atom stereocenters. The van der Waals surface area contributed by atoms with Gasteiger partial charge in [0.25, 0.3) is 5.91 Å². The Hall–Kier alpha value is -3.19. The number of hydrogen-bond acceptors (Lipinski definition) is 7. The zero-order valence-corrected chi connectivity index (χ0v) is 22.0. The van der Waals surface area contributed by atoms with Gasteiger partial charge in [-0.25, -0.2) is 4.79 Å². The van der Waals surface area contributed by atoms with E-state index in [4.69, 9.17) is 15.9 Å². The van der Waals surface area contributed by atoms with E-state index in [1.807, 2.05) is 19.9 Å². The van der Waals surface area contributed by atoms with E-state index in [0.29, 0.717) is 5.56 Å². The molecule has 0 aromatic heterocycles. The highest BCUT2D eigenvalue weighted by Crippen LogP contribution is 2.24. The largest absolute Gasteiger partial charge is 0.466 e. The summed E-state index contributed by atoms with van der Waals surface area (Å²) >= 11 is 4.17. The van der Waals surface area contributed by atoms with Crippen LogP contribution < -0.4 is 10.6 Å². The lowest BCUT2D eigenvalue weighted by Crippen LogP contribution is -2.52. The van der Waals surface area contributed by atoms with Crippen LogP contribution in [-0.4, -0.2) is 59.3 Å². The van der Waals surface area contributed by atoms with Gasteiger partial charge in [0.15, 0.2) is 0 Å². The lowest BCUT2D eigenvalue weighted by atomic mass is 9.99. The number of thiol groups is 1. The first-order chi connectivity index (χ1) is 16.3. The van der Waals surface area contributed by atoms with Crippen LogP contribution in [0, 0.1) is 26.3 Å². The second-order valence-electron chi connectivity index (χ2n) is 8.81. The molecule has 192 valence electrons. The summed E-state index contributed by atoms with van der Waals surface area (Å²) in [6.45, 7) is 10.8. The Labute approximate surface area is 212 Å². The fraction of sp³-hybridized carbons (Fsp3) is 0.520. The molecule has 0 spiro atoms. The predicted molar refractivity (Wildman–Crippen MR) is 136 cm³/mol. The molecule has 0 fully saturated rings. The minimum absolute atomic E-state index is 0.00222. The Bertz CT molecular complexity index is 967. The predicted octanol–water partition coefficient (Wildman–Crippen LogP) is 2.66. The van der Waals surface area contributed by atoms with Crippen LogP contribution in [0.25, 0.3) is 0 Å². The van der Waals surface area contributed by atoms with Gasteiger partial charge in [0.05, 0.1) is 13.0 Å². The molecule has 10 heteroatoms. The van der Waals surface area contributed by atoms with E-state index in [1.54, 1.807) is 39.8 Å². The Morgan fingerprint density at radius 2 is 1.83 bits per heavy atom. The van der Waals surface area contributed by atoms with Crippen LogP contribution in [0.15, 0.2) is 18.2 Å². The fourth-order valence-corrected chi connectivity index (χ4v) is 3.29. The van der Waals surface area contributed by atoms with Gasteiger partial charge < -0.3 is 20.1 Å². The third-order valence-corrected chi connectivity index (χ3v) is 5.20. The van der Waals surface area contributed by atoms with E-state index >= 15 is 0 Å². The van der Waals surface area contributed by atoms with Crippen LogP contribution in [0.4, 0.5) is 4.79 Å². The number of aryl methyl sites for hydroxylation is 2. The molecule has 1 rings (SSSR count). The number of nitrogens with zero attached hydrogens (tertiary/aromatic N) is 1. The average molecular weight is 506 g/mol. The van der Waals surface area contributed by atoms with E-state index in [2.05, 4.69) is 29.3 Å². The molecule has 0 radical (unpaired) electrons. The molecule has 2 unspecified atom stereocenters. The molecule has 2 N–H and O–H groups in total. The van der Waals surface area contributed by atoms with Crippen molar-refractivity contribution in [2.45, 2.75) is 65.6 Å². The quantitative estimate of drug-likeness (QED) is 0.195. The number of nitrogens with one attached hydrogen (secondary N) is 2. The summed E-state index contributed by atoms with van der Waals surface area (Å²) in [5.41, 5.74) is 1.59. The average Bonchev–Trinajstić information content (AvgIpc) is 2.76. The summed E-state index contributed by atoms with van der Waals surface area (Å²) in [6, 6.07) is 5.20. The number of esters is 1. The number of terminal acetylenes is 1. The lowest BCUT2D eigenvalue weighted by Gasteiger charge is -2.30. The van der Waals surface area contributed by atoms with Crippen molar-refractivity contribution in [3.63, 3.8) is 0 Å². The third kappa shape index (κ3) is 9.53. The molecule has 0 saturated heterocycles. The summed E-state index contributed by atoms with van der Waals surface area (Å²) in [6.07, 6.45) is 4.84. The van der Waals surface area contributed by atoms with Gasteiger partial charge in [0, 0.05) is 18.3 Å². The van der Waals surface area contributed by atoms with Gasteiger partial charge in [-0.05, 0) is 58.2 Å². The summed E-state index contributed by atoms with van der Waals surface area (Å²) in [4.78, 5) is 51.4. The molecule has 3 amide bonds. The first kappa shape index (κ1) is 29.8. The van der Waals surface area contributed by atoms with Gasteiger partial charge in [-0.2, -0.15) is 12.6 Å². The van der Waals surface area contributed by atoms with Gasteiger partial charge >= 0.3 is 12.1 Å². The van der Waals surface area contributed by atoms with Crippen molar-refractivity contribution in [1.82, 2.24) is 15.5 Å². The molecule has 1 aromatic carbocycles. The van der Waals surface area contributed by atoms with Gasteiger partial charge in [0.2, 0.25) is 5.91 Å². The Kier molecular flexibility index (Phi) is 11.6. The maximum atomic E-state index is 13.4. The Balaban J connectivity index is 3.24. The number of ether oxygens (including phenoxy) is 2. The highest BCUT2D eigenvalue weighted by molar-refractivity contribution is 7.80. The normalized spacial score (nSPS) is 12.5. The number of rotatable bonds is 10. The van der Waals surface area contributed by atoms with E-state index in [-0.39, 0.29) is 25.3 Å². The molecule has 0 heterocycles. The Morgan fingerprint density at radius 1 is 1.17 bits per heavy atom. The van der Waals surface area contributed by atoms with Crippen LogP contribution in [0.1, 0.15) is 56.8 Å².